The highest BCUT2D eigenvalue weighted by Crippen LogP contribution is 2.24. The number of halogens is 2. The predicted octanol–water partition coefficient (Wildman–Crippen LogP) is 1.98. The Morgan fingerprint density at radius 2 is 2.21 bits per heavy atom. The van der Waals surface area contributed by atoms with Gasteiger partial charge in [0.15, 0.2) is 0 Å². The molecule has 2 unspecified atom stereocenters. The SMILES string of the molecule is CN(C)CC1CC(O)CN1Cc1cccc(Cl)c1F. The number of β-amino-alcohol motifs (C(OH)–C–C–N with tert-alkyl or cyclic N) is 1. The molecule has 1 fully saturated rings. The molecular weight excluding hydrogens is 267 g/mol. The summed E-state index contributed by atoms with van der Waals surface area (Å²) in [6, 6.07) is 5.31. The standard InChI is InChI=1S/C14H20ClFN2O/c1-17(2)8-11-6-12(19)9-18(11)7-10-4-3-5-13(15)14(10)16/h3-5,11-12,19H,6-9H2,1-2H3. The topological polar surface area (TPSA) is 26.7 Å². The Morgan fingerprint density at radius 3 is 2.89 bits per heavy atom. The van der Waals surface area contributed by atoms with E-state index in [0.29, 0.717) is 18.7 Å². The third-order valence-corrected chi connectivity index (χ3v) is 3.78. The zero-order chi connectivity index (χ0) is 14.0. The molecule has 0 saturated carbocycles. The zero-order valence-corrected chi connectivity index (χ0v) is 12.1. The predicted molar refractivity (Wildman–Crippen MR) is 74.8 cm³/mol. The first-order valence-electron chi connectivity index (χ1n) is 6.47. The number of aliphatic hydroxyl groups is 1. The lowest BCUT2D eigenvalue weighted by Crippen LogP contribution is -2.37. The van der Waals surface area contributed by atoms with Gasteiger partial charge < -0.3 is 10.0 Å². The van der Waals surface area contributed by atoms with Crippen LogP contribution in [0.15, 0.2) is 18.2 Å². The molecule has 1 heterocycles. The van der Waals surface area contributed by atoms with Gasteiger partial charge in [-0.1, -0.05) is 23.7 Å². The van der Waals surface area contributed by atoms with E-state index in [-0.39, 0.29) is 23.0 Å². The third-order valence-electron chi connectivity index (χ3n) is 3.49. The molecule has 1 N–H and O–H groups in total. The van der Waals surface area contributed by atoms with Crippen LogP contribution in [-0.2, 0) is 6.54 Å². The maximum atomic E-state index is 13.9. The van der Waals surface area contributed by atoms with E-state index in [1.165, 1.54) is 0 Å². The Bertz CT molecular complexity index is 441. The van der Waals surface area contributed by atoms with Gasteiger partial charge in [-0.3, -0.25) is 4.90 Å². The highest BCUT2D eigenvalue weighted by atomic mass is 35.5. The van der Waals surface area contributed by atoms with Gasteiger partial charge in [-0.05, 0) is 26.6 Å². The van der Waals surface area contributed by atoms with Gasteiger partial charge in [-0.15, -0.1) is 0 Å². The van der Waals surface area contributed by atoms with Crippen molar-refractivity contribution in [3.05, 3.63) is 34.6 Å². The van der Waals surface area contributed by atoms with Gasteiger partial charge in [0.1, 0.15) is 5.82 Å². The number of nitrogens with zero attached hydrogens (tertiary/aromatic N) is 2. The average Bonchev–Trinajstić information content (AvgIpc) is 2.64. The minimum Gasteiger partial charge on any atom is -0.392 e. The van der Waals surface area contributed by atoms with Crippen molar-refractivity contribution in [3.8, 4) is 0 Å². The summed E-state index contributed by atoms with van der Waals surface area (Å²) in [5, 5.41) is 9.96. The van der Waals surface area contributed by atoms with Gasteiger partial charge in [0.2, 0.25) is 0 Å². The van der Waals surface area contributed by atoms with E-state index in [9.17, 15) is 9.50 Å². The first-order valence-corrected chi connectivity index (χ1v) is 6.85. The molecule has 0 spiro atoms. The van der Waals surface area contributed by atoms with Gasteiger partial charge in [0.05, 0.1) is 11.1 Å². The van der Waals surface area contributed by atoms with Crippen molar-refractivity contribution in [2.24, 2.45) is 0 Å². The minimum absolute atomic E-state index is 0.154. The van der Waals surface area contributed by atoms with Crippen molar-refractivity contribution in [2.45, 2.75) is 25.1 Å². The molecule has 0 amide bonds. The van der Waals surface area contributed by atoms with Gasteiger partial charge in [0, 0.05) is 31.2 Å². The molecule has 1 aromatic carbocycles. The van der Waals surface area contributed by atoms with Crippen LogP contribution in [0.5, 0.6) is 0 Å². The minimum atomic E-state index is -0.353. The number of hydrogen-bond acceptors (Lipinski definition) is 3. The number of rotatable bonds is 4. The maximum Gasteiger partial charge on any atom is 0.146 e. The fourth-order valence-electron chi connectivity index (χ4n) is 2.65. The molecule has 2 atom stereocenters. The number of hydrogen-bond donors (Lipinski definition) is 1. The quantitative estimate of drug-likeness (QED) is 0.917. The summed E-state index contributed by atoms with van der Waals surface area (Å²) in [5.74, 6) is -0.353. The summed E-state index contributed by atoms with van der Waals surface area (Å²) < 4.78 is 13.9. The van der Waals surface area contributed by atoms with E-state index in [4.69, 9.17) is 11.6 Å². The van der Waals surface area contributed by atoms with Crippen LogP contribution in [0.25, 0.3) is 0 Å². The molecule has 3 nitrogen and oxygen atoms in total. The second-order valence-electron chi connectivity index (χ2n) is 5.45. The Morgan fingerprint density at radius 1 is 1.47 bits per heavy atom. The van der Waals surface area contributed by atoms with Crippen LogP contribution < -0.4 is 0 Å². The molecule has 106 valence electrons. The van der Waals surface area contributed by atoms with Crippen LogP contribution in [0.1, 0.15) is 12.0 Å². The number of likely N-dealkylation sites (N-methyl/N-ethyl adjacent to an activating group) is 1. The van der Waals surface area contributed by atoms with E-state index >= 15 is 0 Å². The normalized spacial score (nSPS) is 24.3. The fourth-order valence-corrected chi connectivity index (χ4v) is 2.85. The molecule has 1 aliphatic heterocycles. The lowest BCUT2D eigenvalue weighted by molar-refractivity contribution is 0.168. The van der Waals surface area contributed by atoms with Gasteiger partial charge in [-0.25, -0.2) is 4.39 Å². The van der Waals surface area contributed by atoms with Gasteiger partial charge in [-0.2, -0.15) is 0 Å². The fraction of sp³-hybridized carbons (Fsp3) is 0.571. The van der Waals surface area contributed by atoms with Crippen molar-refractivity contribution in [2.75, 3.05) is 27.2 Å². The number of aliphatic hydroxyl groups excluding tert-OH is 1. The summed E-state index contributed by atoms with van der Waals surface area (Å²) in [4.78, 5) is 4.21. The van der Waals surface area contributed by atoms with Gasteiger partial charge in [0.25, 0.3) is 0 Å². The van der Waals surface area contributed by atoms with Gasteiger partial charge >= 0.3 is 0 Å². The second-order valence-corrected chi connectivity index (χ2v) is 5.86. The molecule has 0 aromatic heterocycles. The highest BCUT2D eigenvalue weighted by Gasteiger charge is 2.31. The number of likely N-dealkylation sites (tertiary alicyclic amines) is 1. The highest BCUT2D eigenvalue weighted by molar-refractivity contribution is 6.30. The lowest BCUT2D eigenvalue weighted by Gasteiger charge is -2.26. The molecule has 1 aromatic rings. The van der Waals surface area contributed by atoms with E-state index in [1.54, 1.807) is 18.2 Å². The summed E-state index contributed by atoms with van der Waals surface area (Å²) in [5.41, 5.74) is 0.588. The maximum absolute atomic E-state index is 13.9. The molecule has 2 rings (SSSR count). The molecule has 1 saturated heterocycles. The van der Waals surface area contributed by atoms with Crippen LogP contribution in [-0.4, -0.2) is 54.2 Å². The van der Waals surface area contributed by atoms with E-state index in [1.807, 2.05) is 14.1 Å². The third kappa shape index (κ3) is 3.66. The number of benzene rings is 1. The molecule has 0 bridgehead atoms. The van der Waals surface area contributed by atoms with Crippen molar-refractivity contribution >= 4 is 11.6 Å². The molecule has 5 heteroatoms. The first-order chi connectivity index (χ1) is 8.97. The average molecular weight is 287 g/mol. The monoisotopic (exact) mass is 286 g/mol. The first kappa shape index (κ1) is 14.7. The Labute approximate surface area is 118 Å². The summed E-state index contributed by atoms with van der Waals surface area (Å²) in [7, 11) is 4.01. The molecular formula is C14H20ClFN2O. The molecule has 0 radical (unpaired) electrons. The van der Waals surface area contributed by atoms with E-state index in [0.717, 1.165) is 13.0 Å². The van der Waals surface area contributed by atoms with E-state index < -0.39 is 0 Å². The zero-order valence-electron chi connectivity index (χ0n) is 11.3. The van der Waals surface area contributed by atoms with Crippen LogP contribution in [0.4, 0.5) is 4.39 Å². The summed E-state index contributed by atoms with van der Waals surface area (Å²) >= 11 is 5.80. The van der Waals surface area contributed by atoms with Crippen molar-refractivity contribution < 1.29 is 9.50 Å². The van der Waals surface area contributed by atoms with Crippen LogP contribution in [0.3, 0.4) is 0 Å². The van der Waals surface area contributed by atoms with Crippen molar-refractivity contribution in [1.82, 2.24) is 9.80 Å². The van der Waals surface area contributed by atoms with Crippen LogP contribution in [0, 0.1) is 5.82 Å². The Balaban J connectivity index is 2.10. The van der Waals surface area contributed by atoms with Crippen molar-refractivity contribution in [1.29, 1.82) is 0 Å². The Hall–Kier alpha value is -0.680. The largest absolute Gasteiger partial charge is 0.392 e. The van der Waals surface area contributed by atoms with Crippen LogP contribution in [0.2, 0.25) is 5.02 Å². The van der Waals surface area contributed by atoms with Crippen LogP contribution >= 0.6 is 11.6 Å². The second kappa shape index (κ2) is 6.18. The molecule has 0 aliphatic carbocycles. The summed E-state index contributed by atoms with van der Waals surface area (Å²) in [6.07, 6.45) is 0.410. The smallest absolute Gasteiger partial charge is 0.146 e. The van der Waals surface area contributed by atoms with E-state index in [2.05, 4.69) is 9.80 Å². The molecule has 1 aliphatic rings. The Kier molecular flexibility index (Phi) is 4.79. The lowest BCUT2D eigenvalue weighted by atomic mass is 10.1. The van der Waals surface area contributed by atoms with Crippen molar-refractivity contribution in [3.63, 3.8) is 0 Å². The summed E-state index contributed by atoms with van der Waals surface area (Å²) in [6.45, 7) is 1.94. The molecule has 19 heavy (non-hydrogen) atoms.